The maximum absolute atomic E-state index is 6.79. The summed E-state index contributed by atoms with van der Waals surface area (Å²) in [5.74, 6) is 2.87. The lowest BCUT2D eigenvalue weighted by Gasteiger charge is -2.24. The highest BCUT2D eigenvalue weighted by atomic mass is 16.5. The number of aliphatic imine (C=N–C) groups is 2. The number of hydrogen-bond acceptors (Lipinski definition) is 6. The van der Waals surface area contributed by atoms with Gasteiger partial charge in [-0.25, -0.2) is 24.9 Å². The molecule has 0 N–H and O–H groups in total. The first-order chi connectivity index (χ1) is 24.8. The standard InChI is InChI=1S/C43H29N5O2/c1-4-14-28(15-5-1)26-44-42(45-35-27-49-36-24-11-10-20-31(35)36)34-23-12-21-32-38-33(22-13-25-37(38)50-39(32)34)43-47-40(29-16-6-2-7-17-29)46-41(48-43)30-18-8-3-9-19-30/h1-27,34,39H/b44-26+,45-42-. The number of benzene rings is 5. The van der Waals surface area contributed by atoms with Crippen molar-refractivity contribution in [2.24, 2.45) is 15.9 Å². The molecule has 0 spiro atoms. The second kappa shape index (κ2) is 12.7. The number of para-hydroxylation sites is 1. The Bertz CT molecular complexity index is 2410. The summed E-state index contributed by atoms with van der Waals surface area (Å²) in [5, 5.41) is 0.923. The lowest BCUT2D eigenvalue weighted by molar-refractivity contribution is 0.255. The van der Waals surface area contributed by atoms with Crippen LogP contribution in [0, 0.1) is 5.92 Å². The second-order valence-corrected chi connectivity index (χ2v) is 12.0. The van der Waals surface area contributed by atoms with Crippen LogP contribution in [0.5, 0.6) is 5.75 Å². The summed E-state index contributed by atoms with van der Waals surface area (Å²) in [5.41, 5.74) is 7.14. The summed E-state index contributed by atoms with van der Waals surface area (Å²) in [6.45, 7) is 0. The van der Waals surface area contributed by atoms with Crippen molar-refractivity contribution in [3.8, 4) is 39.9 Å². The molecule has 3 heterocycles. The zero-order valence-electron chi connectivity index (χ0n) is 26.8. The third kappa shape index (κ3) is 5.50. The molecule has 0 saturated heterocycles. The van der Waals surface area contributed by atoms with Gasteiger partial charge in [-0.15, -0.1) is 0 Å². The Hall–Kier alpha value is -6.73. The number of hydrogen-bond donors (Lipinski definition) is 0. The van der Waals surface area contributed by atoms with Gasteiger partial charge in [0.15, 0.2) is 17.5 Å². The second-order valence-electron chi connectivity index (χ2n) is 12.0. The summed E-state index contributed by atoms with van der Waals surface area (Å²) in [4.78, 5) is 25.1. The first kappa shape index (κ1) is 29.4. The molecule has 5 aromatic carbocycles. The molecular weight excluding hydrogens is 619 g/mol. The van der Waals surface area contributed by atoms with E-state index in [9.17, 15) is 0 Å². The molecule has 9 rings (SSSR count). The van der Waals surface area contributed by atoms with Gasteiger partial charge in [-0.3, -0.25) is 0 Å². The third-order valence-corrected chi connectivity index (χ3v) is 8.88. The number of ether oxygens (including phenoxy) is 1. The van der Waals surface area contributed by atoms with Crippen molar-refractivity contribution in [2.45, 2.75) is 6.10 Å². The molecule has 7 aromatic rings. The average molecular weight is 648 g/mol. The molecule has 1 aliphatic heterocycles. The smallest absolute Gasteiger partial charge is 0.164 e. The lowest BCUT2D eigenvalue weighted by atomic mass is 9.86. The maximum Gasteiger partial charge on any atom is 0.164 e. The summed E-state index contributed by atoms with van der Waals surface area (Å²) in [6, 6.07) is 43.9. The molecule has 2 aromatic heterocycles. The SMILES string of the molecule is C1=CC(C(=N/c2coc3ccccc23)/N=C/c2ccccc2)C2Oc3cccc(-c4nc(-c5ccccc5)nc(-c5ccccc5)n4)c3C2=C1. The van der Waals surface area contributed by atoms with Crippen LogP contribution in [0.25, 0.3) is 50.7 Å². The van der Waals surface area contributed by atoms with Gasteiger partial charge in [0.25, 0.3) is 0 Å². The van der Waals surface area contributed by atoms with Crippen LogP contribution in [-0.4, -0.2) is 33.1 Å². The molecule has 0 bridgehead atoms. The highest BCUT2D eigenvalue weighted by Gasteiger charge is 2.40. The van der Waals surface area contributed by atoms with Gasteiger partial charge in [0.1, 0.15) is 35.2 Å². The van der Waals surface area contributed by atoms with Gasteiger partial charge in [0, 0.05) is 39.4 Å². The molecule has 0 fully saturated rings. The van der Waals surface area contributed by atoms with Crippen molar-refractivity contribution < 1.29 is 9.15 Å². The van der Waals surface area contributed by atoms with Crippen molar-refractivity contribution in [3.05, 3.63) is 169 Å². The van der Waals surface area contributed by atoms with Crippen LogP contribution < -0.4 is 4.74 Å². The van der Waals surface area contributed by atoms with E-state index >= 15 is 0 Å². The fourth-order valence-corrected chi connectivity index (χ4v) is 6.47. The van der Waals surface area contributed by atoms with Crippen molar-refractivity contribution >= 4 is 34.3 Å². The van der Waals surface area contributed by atoms with E-state index in [1.54, 1.807) is 6.26 Å². The monoisotopic (exact) mass is 647 g/mol. The van der Waals surface area contributed by atoms with Crippen LogP contribution in [0.3, 0.4) is 0 Å². The summed E-state index contributed by atoms with van der Waals surface area (Å²) >= 11 is 0. The molecular formula is C43H29N5O2. The van der Waals surface area contributed by atoms with E-state index in [-0.39, 0.29) is 12.0 Å². The molecule has 0 radical (unpaired) electrons. The van der Waals surface area contributed by atoms with Gasteiger partial charge in [-0.05, 0) is 23.8 Å². The Labute approximate surface area is 288 Å². The van der Waals surface area contributed by atoms with Crippen molar-refractivity contribution in [2.75, 3.05) is 0 Å². The first-order valence-electron chi connectivity index (χ1n) is 16.5. The van der Waals surface area contributed by atoms with Gasteiger partial charge < -0.3 is 9.15 Å². The zero-order chi connectivity index (χ0) is 33.3. The fraction of sp³-hybridized carbons (Fsp3) is 0.0465. The summed E-state index contributed by atoms with van der Waals surface area (Å²) in [7, 11) is 0. The van der Waals surface area contributed by atoms with Gasteiger partial charge in [-0.2, -0.15) is 0 Å². The Morgan fingerprint density at radius 1 is 0.660 bits per heavy atom. The van der Waals surface area contributed by atoms with E-state index in [0.29, 0.717) is 29.0 Å². The number of rotatable bonds is 6. The van der Waals surface area contributed by atoms with E-state index < -0.39 is 0 Å². The van der Waals surface area contributed by atoms with Crippen molar-refractivity contribution in [1.82, 2.24) is 15.0 Å². The molecule has 1 aliphatic carbocycles. The minimum Gasteiger partial charge on any atom is -0.484 e. The topological polar surface area (TPSA) is 85.8 Å². The average Bonchev–Trinajstić information content (AvgIpc) is 3.79. The zero-order valence-corrected chi connectivity index (χ0v) is 26.8. The molecule has 0 saturated carbocycles. The minimum atomic E-state index is -0.370. The van der Waals surface area contributed by atoms with E-state index in [2.05, 4.69) is 24.3 Å². The molecule has 50 heavy (non-hydrogen) atoms. The third-order valence-electron chi connectivity index (χ3n) is 8.88. The number of fused-ring (bicyclic) bond motifs is 4. The van der Waals surface area contributed by atoms with Gasteiger partial charge in [0.05, 0.1) is 5.92 Å². The molecule has 7 nitrogen and oxygen atoms in total. The van der Waals surface area contributed by atoms with Crippen LogP contribution in [0.2, 0.25) is 0 Å². The van der Waals surface area contributed by atoms with Crippen LogP contribution in [0.1, 0.15) is 11.1 Å². The largest absolute Gasteiger partial charge is 0.484 e. The molecule has 238 valence electrons. The highest BCUT2D eigenvalue weighted by Crippen LogP contribution is 2.47. The van der Waals surface area contributed by atoms with E-state index in [4.69, 9.17) is 34.1 Å². The quantitative estimate of drug-likeness (QED) is 0.133. The van der Waals surface area contributed by atoms with Gasteiger partial charge in [0.2, 0.25) is 0 Å². The Kier molecular flexibility index (Phi) is 7.48. The summed E-state index contributed by atoms with van der Waals surface area (Å²) in [6.07, 6.45) is 9.44. The summed E-state index contributed by atoms with van der Waals surface area (Å²) < 4.78 is 12.6. The maximum atomic E-state index is 6.79. The van der Waals surface area contributed by atoms with Crippen LogP contribution in [0.4, 0.5) is 5.69 Å². The van der Waals surface area contributed by atoms with E-state index in [1.165, 1.54) is 0 Å². The Balaban J connectivity index is 1.15. The molecule has 2 aliphatic rings. The molecule has 2 atom stereocenters. The highest BCUT2D eigenvalue weighted by molar-refractivity contribution is 6.03. The normalized spacial score (nSPS) is 16.6. The fourth-order valence-electron chi connectivity index (χ4n) is 6.47. The molecule has 2 unspecified atom stereocenters. The van der Waals surface area contributed by atoms with Crippen molar-refractivity contribution in [3.63, 3.8) is 0 Å². The number of allylic oxidation sites excluding steroid dienone is 2. The van der Waals surface area contributed by atoms with Crippen LogP contribution in [0.15, 0.2) is 172 Å². The van der Waals surface area contributed by atoms with Gasteiger partial charge in [-0.1, -0.05) is 133 Å². The number of nitrogens with zero attached hydrogens (tertiary/aromatic N) is 5. The Morgan fingerprint density at radius 2 is 1.32 bits per heavy atom. The van der Waals surface area contributed by atoms with Crippen LogP contribution >= 0.6 is 0 Å². The van der Waals surface area contributed by atoms with Crippen LogP contribution in [-0.2, 0) is 0 Å². The van der Waals surface area contributed by atoms with Crippen molar-refractivity contribution in [1.29, 1.82) is 0 Å². The molecule has 7 heteroatoms. The van der Waals surface area contributed by atoms with Gasteiger partial charge >= 0.3 is 0 Å². The Morgan fingerprint density at radius 3 is 2.06 bits per heavy atom. The number of aromatic nitrogens is 3. The predicted octanol–water partition coefficient (Wildman–Crippen LogP) is 9.80. The van der Waals surface area contributed by atoms with E-state index in [0.717, 1.165) is 50.1 Å². The predicted molar refractivity (Wildman–Crippen MR) is 199 cm³/mol. The lowest BCUT2D eigenvalue weighted by Crippen LogP contribution is -2.30. The number of amidine groups is 1. The number of furan rings is 1. The minimum absolute atomic E-state index is 0.290. The first-order valence-corrected chi connectivity index (χ1v) is 16.5. The molecule has 0 amide bonds. The van der Waals surface area contributed by atoms with E-state index in [1.807, 2.05) is 134 Å².